The van der Waals surface area contributed by atoms with Crippen LogP contribution in [0.4, 0.5) is 0 Å². The van der Waals surface area contributed by atoms with Gasteiger partial charge in [0.05, 0.1) is 29.9 Å². The van der Waals surface area contributed by atoms with E-state index in [0.717, 1.165) is 41.0 Å². The summed E-state index contributed by atoms with van der Waals surface area (Å²) in [5, 5.41) is 3.43. The Bertz CT molecular complexity index is 1140. The first kappa shape index (κ1) is 22.6. The summed E-state index contributed by atoms with van der Waals surface area (Å²) in [4.78, 5) is 13.1. The van der Waals surface area contributed by atoms with Gasteiger partial charge in [0.1, 0.15) is 0 Å². The monoisotopic (exact) mass is 434 g/mol. The van der Waals surface area contributed by atoms with Crippen molar-refractivity contribution in [1.82, 2.24) is 9.72 Å². The number of hydrogen-bond acceptors (Lipinski definition) is 4. The van der Waals surface area contributed by atoms with Gasteiger partial charge in [-0.2, -0.15) is 0 Å². The lowest BCUT2D eigenvalue weighted by Gasteiger charge is -2.31. The smallest absolute Gasteiger partial charge is 0.338 e. The minimum atomic E-state index is -0.275. The SMILES string of the molecule is Cc1ccc(-c2ccn3c(C(C)C4CNCCO4)c(C)c(C(=O)OC(C)C)cc23)cc1C. The largest absolute Gasteiger partial charge is 0.459 e. The van der Waals surface area contributed by atoms with Crippen molar-refractivity contribution in [1.29, 1.82) is 0 Å². The highest BCUT2D eigenvalue weighted by molar-refractivity contribution is 5.95. The Morgan fingerprint density at radius 2 is 1.91 bits per heavy atom. The van der Waals surface area contributed by atoms with Gasteiger partial charge in [-0.1, -0.05) is 25.1 Å². The Labute approximate surface area is 190 Å². The zero-order valence-electron chi connectivity index (χ0n) is 20.0. The number of morpholine rings is 1. The van der Waals surface area contributed by atoms with Crippen molar-refractivity contribution in [3.63, 3.8) is 0 Å². The van der Waals surface area contributed by atoms with Crippen LogP contribution in [0.2, 0.25) is 0 Å². The highest BCUT2D eigenvalue weighted by Crippen LogP contribution is 2.35. The van der Waals surface area contributed by atoms with Gasteiger partial charge in [0.25, 0.3) is 0 Å². The molecule has 2 unspecified atom stereocenters. The number of hydrogen-bond donors (Lipinski definition) is 1. The molecule has 1 aliphatic rings. The Morgan fingerprint density at radius 1 is 1.12 bits per heavy atom. The number of ether oxygens (including phenoxy) is 2. The van der Waals surface area contributed by atoms with Crippen LogP contribution >= 0.6 is 0 Å². The maximum atomic E-state index is 13.1. The summed E-state index contributed by atoms with van der Waals surface area (Å²) in [5.41, 5.74) is 8.48. The number of aromatic nitrogens is 1. The van der Waals surface area contributed by atoms with E-state index >= 15 is 0 Å². The lowest BCUT2D eigenvalue weighted by molar-refractivity contribution is 0.0134. The van der Waals surface area contributed by atoms with Gasteiger partial charge in [-0.3, -0.25) is 0 Å². The molecular weight excluding hydrogens is 400 g/mol. The molecule has 1 fully saturated rings. The summed E-state index contributed by atoms with van der Waals surface area (Å²) in [6, 6.07) is 10.7. The number of fused-ring (bicyclic) bond motifs is 1. The standard InChI is InChI=1S/C27H34N2O3/c1-16(2)32-27(30)23-14-24-22(21-8-7-17(3)18(4)13-21)9-11-29(24)26(19(23)5)20(6)25-15-28-10-12-31-25/h7-9,11,13-14,16,20,25,28H,10,12,15H2,1-6H3. The second kappa shape index (κ2) is 9.08. The van der Waals surface area contributed by atoms with E-state index in [9.17, 15) is 4.79 Å². The quantitative estimate of drug-likeness (QED) is 0.562. The average Bonchev–Trinajstić information content (AvgIpc) is 3.18. The maximum Gasteiger partial charge on any atom is 0.338 e. The number of rotatable bonds is 5. The van der Waals surface area contributed by atoms with Crippen LogP contribution in [0.15, 0.2) is 36.5 Å². The van der Waals surface area contributed by atoms with Crippen molar-refractivity contribution >= 4 is 11.5 Å². The Morgan fingerprint density at radius 3 is 2.56 bits per heavy atom. The topological polar surface area (TPSA) is 52.0 Å². The molecule has 3 aromatic rings. The van der Waals surface area contributed by atoms with Crippen molar-refractivity contribution in [2.45, 2.75) is 59.7 Å². The predicted octanol–water partition coefficient (Wildman–Crippen LogP) is 5.19. The second-order valence-corrected chi connectivity index (χ2v) is 9.21. The molecule has 1 saturated heterocycles. The molecule has 1 N–H and O–H groups in total. The predicted molar refractivity (Wildman–Crippen MR) is 129 cm³/mol. The highest BCUT2D eigenvalue weighted by atomic mass is 16.5. The summed E-state index contributed by atoms with van der Waals surface area (Å²) in [6.45, 7) is 14.6. The van der Waals surface area contributed by atoms with Gasteiger partial charge in [0, 0.05) is 36.5 Å². The molecule has 0 amide bonds. The van der Waals surface area contributed by atoms with Gasteiger partial charge in [0.15, 0.2) is 0 Å². The molecule has 0 bridgehead atoms. The first-order valence-electron chi connectivity index (χ1n) is 11.5. The van der Waals surface area contributed by atoms with Gasteiger partial charge in [-0.15, -0.1) is 0 Å². The Kier molecular flexibility index (Phi) is 6.40. The van der Waals surface area contributed by atoms with Crippen LogP contribution in [-0.4, -0.2) is 42.3 Å². The first-order valence-corrected chi connectivity index (χ1v) is 11.5. The molecule has 2 aromatic heterocycles. The van der Waals surface area contributed by atoms with Crippen molar-refractivity contribution in [3.8, 4) is 11.1 Å². The number of pyridine rings is 1. The number of aryl methyl sites for hydroxylation is 2. The van der Waals surface area contributed by atoms with Gasteiger partial charge >= 0.3 is 5.97 Å². The Balaban J connectivity index is 1.92. The van der Waals surface area contributed by atoms with Crippen LogP contribution in [0.5, 0.6) is 0 Å². The molecule has 0 aliphatic carbocycles. The highest BCUT2D eigenvalue weighted by Gasteiger charge is 2.28. The molecule has 2 atom stereocenters. The average molecular weight is 435 g/mol. The summed E-state index contributed by atoms with van der Waals surface area (Å²) in [7, 11) is 0. The zero-order chi connectivity index (χ0) is 23.0. The van der Waals surface area contributed by atoms with Gasteiger partial charge < -0.3 is 19.2 Å². The van der Waals surface area contributed by atoms with E-state index in [0.29, 0.717) is 12.2 Å². The number of nitrogens with one attached hydrogen (secondary N) is 1. The van der Waals surface area contributed by atoms with Crippen LogP contribution in [0.1, 0.15) is 59.4 Å². The zero-order valence-corrected chi connectivity index (χ0v) is 20.0. The van der Waals surface area contributed by atoms with Crippen molar-refractivity contribution in [3.05, 3.63) is 64.5 Å². The van der Waals surface area contributed by atoms with Gasteiger partial charge in [-0.25, -0.2) is 4.79 Å². The minimum absolute atomic E-state index is 0.0505. The van der Waals surface area contributed by atoms with Gasteiger partial charge in [-0.05, 0) is 69.0 Å². The van der Waals surface area contributed by atoms with E-state index in [1.54, 1.807) is 0 Å². The normalized spacial score (nSPS) is 17.7. The van der Waals surface area contributed by atoms with Crippen molar-refractivity contribution in [2.24, 2.45) is 0 Å². The van der Waals surface area contributed by atoms with Gasteiger partial charge in [0.2, 0.25) is 0 Å². The first-order chi connectivity index (χ1) is 15.3. The lowest BCUT2D eigenvalue weighted by Crippen LogP contribution is -2.41. The van der Waals surface area contributed by atoms with E-state index in [-0.39, 0.29) is 24.1 Å². The molecule has 1 aromatic carbocycles. The number of carbonyl (C=O) groups is 1. The van der Waals surface area contributed by atoms with Crippen LogP contribution in [0, 0.1) is 20.8 Å². The van der Waals surface area contributed by atoms with E-state index in [1.165, 1.54) is 11.1 Å². The summed E-state index contributed by atoms with van der Waals surface area (Å²) in [6.07, 6.45) is 2.00. The lowest BCUT2D eigenvalue weighted by atomic mass is 9.92. The summed E-state index contributed by atoms with van der Waals surface area (Å²) in [5.74, 6) is -0.166. The molecular formula is C27H34N2O3. The molecule has 4 rings (SSSR count). The number of nitrogens with zero attached hydrogens (tertiary/aromatic N) is 1. The number of benzene rings is 1. The summed E-state index contributed by atoms with van der Waals surface area (Å²) < 4.78 is 13.9. The molecule has 5 heteroatoms. The maximum absolute atomic E-state index is 13.1. The van der Waals surface area contributed by atoms with Crippen LogP contribution in [-0.2, 0) is 9.47 Å². The van der Waals surface area contributed by atoms with Crippen molar-refractivity contribution in [2.75, 3.05) is 19.7 Å². The van der Waals surface area contributed by atoms with E-state index in [2.05, 4.69) is 61.0 Å². The third-order valence-corrected chi connectivity index (χ3v) is 6.58. The van der Waals surface area contributed by atoms with E-state index in [1.807, 2.05) is 26.8 Å². The fourth-order valence-electron chi connectivity index (χ4n) is 4.65. The Hall–Kier alpha value is -2.63. The summed E-state index contributed by atoms with van der Waals surface area (Å²) >= 11 is 0. The van der Waals surface area contributed by atoms with Crippen LogP contribution < -0.4 is 5.32 Å². The van der Waals surface area contributed by atoms with Crippen LogP contribution in [0.3, 0.4) is 0 Å². The third-order valence-electron chi connectivity index (χ3n) is 6.58. The molecule has 0 saturated carbocycles. The molecule has 0 radical (unpaired) electrons. The fourth-order valence-corrected chi connectivity index (χ4v) is 4.65. The molecule has 32 heavy (non-hydrogen) atoms. The third kappa shape index (κ3) is 4.19. The number of carbonyl (C=O) groups excluding carboxylic acids is 1. The fraction of sp³-hybridized carbons (Fsp3) is 0.444. The molecule has 3 heterocycles. The second-order valence-electron chi connectivity index (χ2n) is 9.21. The molecule has 170 valence electrons. The van der Waals surface area contributed by atoms with E-state index in [4.69, 9.17) is 9.47 Å². The molecule has 5 nitrogen and oxygen atoms in total. The molecule has 1 aliphatic heterocycles. The molecule has 0 spiro atoms. The van der Waals surface area contributed by atoms with E-state index < -0.39 is 0 Å². The minimum Gasteiger partial charge on any atom is -0.459 e. The van der Waals surface area contributed by atoms with Crippen molar-refractivity contribution < 1.29 is 14.3 Å². The van der Waals surface area contributed by atoms with Crippen LogP contribution in [0.25, 0.3) is 16.6 Å². The number of esters is 1.